The summed E-state index contributed by atoms with van der Waals surface area (Å²) in [7, 11) is 0. The Balaban J connectivity index is 3.02. The van der Waals surface area contributed by atoms with E-state index in [0.29, 0.717) is 19.6 Å². The van der Waals surface area contributed by atoms with Gasteiger partial charge in [-0.25, -0.2) is 0 Å². The quantitative estimate of drug-likeness (QED) is 0.815. The number of carbonyl (C=O) groups excluding carboxylic acids is 1. The van der Waals surface area contributed by atoms with Gasteiger partial charge in [0.1, 0.15) is 0 Å². The molecule has 0 bridgehead atoms. The molecule has 0 heterocycles. The van der Waals surface area contributed by atoms with Gasteiger partial charge in [0.25, 0.3) is 0 Å². The summed E-state index contributed by atoms with van der Waals surface area (Å²) >= 11 is 0. The second kappa shape index (κ2) is 6.01. The molecule has 0 saturated heterocycles. The Labute approximate surface area is 109 Å². The molecule has 0 aliphatic carbocycles. The molecule has 0 spiro atoms. The highest BCUT2D eigenvalue weighted by molar-refractivity contribution is 5.77. The molecule has 3 nitrogen and oxygen atoms in total. The SMILES string of the molecule is CCOC(=O)C(C)(CN)Cc1c(C)cccc1C. The summed E-state index contributed by atoms with van der Waals surface area (Å²) in [4.78, 5) is 12.0. The summed E-state index contributed by atoms with van der Waals surface area (Å²) in [5.41, 5.74) is 8.72. The fourth-order valence-electron chi connectivity index (χ4n) is 2.05. The largest absolute Gasteiger partial charge is 0.466 e. The Morgan fingerprint density at radius 2 is 1.89 bits per heavy atom. The Bertz CT molecular complexity index is 408. The average Bonchev–Trinajstić information content (AvgIpc) is 2.34. The fourth-order valence-corrected chi connectivity index (χ4v) is 2.05. The molecule has 0 aromatic heterocycles. The fraction of sp³-hybridized carbons (Fsp3) is 0.533. The van der Waals surface area contributed by atoms with Gasteiger partial charge in [-0.05, 0) is 50.8 Å². The molecule has 0 aliphatic heterocycles. The number of hydrogen-bond acceptors (Lipinski definition) is 3. The third-order valence-corrected chi connectivity index (χ3v) is 3.43. The van der Waals surface area contributed by atoms with Crippen molar-refractivity contribution in [2.24, 2.45) is 11.1 Å². The molecule has 0 amide bonds. The van der Waals surface area contributed by atoms with Crippen LogP contribution in [0, 0.1) is 19.3 Å². The van der Waals surface area contributed by atoms with Crippen LogP contribution in [0.25, 0.3) is 0 Å². The molecule has 1 rings (SSSR count). The van der Waals surface area contributed by atoms with Crippen molar-refractivity contribution in [1.29, 1.82) is 0 Å². The van der Waals surface area contributed by atoms with Crippen LogP contribution in [0.15, 0.2) is 18.2 Å². The zero-order valence-electron chi connectivity index (χ0n) is 11.7. The van der Waals surface area contributed by atoms with Gasteiger partial charge < -0.3 is 10.5 Å². The minimum atomic E-state index is -0.646. The first-order valence-electron chi connectivity index (χ1n) is 6.37. The van der Waals surface area contributed by atoms with Gasteiger partial charge in [-0.1, -0.05) is 18.2 Å². The van der Waals surface area contributed by atoms with Gasteiger partial charge in [0.05, 0.1) is 12.0 Å². The minimum Gasteiger partial charge on any atom is -0.466 e. The van der Waals surface area contributed by atoms with E-state index in [-0.39, 0.29) is 5.97 Å². The molecule has 3 heteroatoms. The van der Waals surface area contributed by atoms with Crippen molar-refractivity contribution in [3.63, 3.8) is 0 Å². The van der Waals surface area contributed by atoms with Crippen molar-refractivity contribution in [2.75, 3.05) is 13.2 Å². The highest BCUT2D eigenvalue weighted by Crippen LogP contribution is 2.27. The highest BCUT2D eigenvalue weighted by Gasteiger charge is 2.34. The summed E-state index contributed by atoms with van der Waals surface area (Å²) in [6.07, 6.45) is 0.626. The van der Waals surface area contributed by atoms with Crippen molar-refractivity contribution in [1.82, 2.24) is 0 Å². The van der Waals surface area contributed by atoms with Gasteiger partial charge in [-0.3, -0.25) is 4.79 Å². The second-order valence-electron chi connectivity index (χ2n) is 5.03. The smallest absolute Gasteiger partial charge is 0.313 e. The summed E-state index contributed by atoms with van der Waals surface area (Å²) in [6.45, 7) is 8.49. The first-order valence-corrected chi connectivity index (χ1v) is 6.37. The molecule has 0 fully saturated rings. The molecule has 1 unspecified atom stereocenters. The molecule has 0 aliphatic rings. The third kappa shape index (κ3) is 3.10. The van der Waals surface area contributed by atoms with E-state index in [1.165, 1.54) is 16.7 Å². The van der Waals surface area contributed by atoms with Crippen LogP contribution < -0.4 is 5.73 Å². The van der Waals surface area contributed by atoms with E-state index >= 15 is 0 Å². The number of hydrogen-bond donors (Lipinski definition) is 1. The van der Waals surface area contributed by atoms with Gasteiger partial charge >= 0.3 is 5.97 Å². The number of nitrogens with two attached hydrogens (primary N) is 1. The van der Waals surface area contributed by atoms with E-state index in [0.717, 1.165) is 0 Å². The van der Waals surface area contributed by atoms with E-state index < -0.39 is 5.41 Å². The number of aryl methyl sites for hydroxylation is 2. The van der Waals surface area contributed by atoms with Gasteiger partial charge in [0, 0.05) is 6.54 Å². The molecule has 1 aromatic carbocycles. The summed E-state index contributed by atoms with van der Waals surface area (Å²) < 4.78 is 5.13. The number of esters is 1. The Morgan fingerprint density at radius 1 is 1.33 bits per heavy atom. The maximum absolute atomic E-state index is 12.0. The van der Waals surface area contributed by atoms with Crippen LogP contribution in [-0.4, -0.2) is 19.1 Å². The molecular formula is C15H23NO2. The minimum absolute atomic E-state index is 0.213. The Hall–Kier alpha value is -1.35. The molecule has 2 N–H and O–H groups in total. The van der Waals surface area contributed by atoms with E-state index in [1.54, 1.807) is 0 Å². The number of carbonyl (C=O) groups is 1. The first kappa shape index (κ1) is 14.7. The van der Waals surface area contributed by atoms with Crippen molar-refractivity contribution in [2.45, 2.75) is 34.1 Å². The van der Waals surface area contributed by atoms with Gasteiger partial charge in [0.15, 0.2) is 0 Å². The zero-order chi connectivity index (χ0) is 13.8. The van der Waals surface area contributed by atoms with Crippen molar-refractivity contribution >= 4 is 5.97 Å². The van der Waals surface area contributed by atoms with Crippen LogP contribution in [0.4, 0.5) is 0 Å². The standard InChI is InChI=1S/C15H23NO2/c1-5-18-14(17)15(4,10-16)9-13-11(2)7-6-8-12(13)3/h6-8H,5,9-10,16H2,1-4H3. The molecule has 0 radical (unpaired) electrons. The van der Waals surface area contributed by atoms with Crippen molar-refractivity contribution in [3.8, 4) is 0 Å². The van der Waals surface area contributed by atoms with E-state index in [1.807, 2.05) is 19.9 Å². The normalized spacial score (nSPS) is 14.1. The zero-order valence-corrected chi connectivity index (χ0v) is 11.7. The number of benzene rings is 1. The molecular weight excluding hydrogens is 226 g/mol. The third-order valence-electron chi connectivity index (χ3n) is 3.43. The number of rotatable bonds is 5. The van der Waals surface area contributed by atoms with Crippen LogP contribution in [0.2, 0.25) is 0 Å². The summed E-state index contributed by atoms with van der Waals surface area (Å²) in [5, 5.41) is 0. The van der Waals surface area contributed by atoms with E-state index in [2.05, 4.69) is 26.0 Å². The van der Waals surface area contributed by atoms with E-state index in [9.17, 15) is 4.79 Å². The molecule has 18 heavy (non-hydrogen) atoms. The van der Waals surface area contributed by atoms with Crippen LogP contribution in [0.5, 0.6) is 0 Å². The van der Waals surface area contributed by atoms with Crippen LogP contribution >= 0.6 is 0 Å². The van der Waals surface area contributed by atoms with Gasteiger partial charge in [-0.2, -0.15) is 0 Å². The van der Waals surface area contributed by atoms with Crippen molar-refractivity contribution < 1.29 is 9.53 Å². The molecule has 1 atom stereocenters. The lowest BCUT2D eigenvalue weighted by atomic mass is 9.81. The maximum atomic E-state index is 12.0. The average molecular weight is 249 g/mol. The molecule has 100 valence electrons. The second-order valence-corrected chi connectivity index (χ2v) is 5.03. The molecule has 0 saturated carbocycles. The predicted molar refractivity (Wildman–Crippen MR) is 73.4 cm³/mol. The Kier molecular flexibility index (Phi) is 4.91. The summed E-state index contributed by atoms with van der Waals surface area (Å²) in [5.74, 6) is -0.213. The lowest BCUT2D eigenvalue weighted by Gasteiger charge is -2.27. The maximum Gasteiger partial charge on any atom is 0.313 e. The highest BCUT2D eigenvalue weighted by atomic mass is 16.5. The summed E-state index contributed by atoms with van der Waals surface area (Å²) in [6, 6.07) is 6.15. The monoisotopic (exact) mass is 249 g/mol. The van der Waals surface area contributed by atoms with Crippen LogP contribution in [0.3, 0.4) is 0 Å². The lowest BCUT2D eigenvalue weighted by Crippen LogP contribution is -2.39. The predicted octanol–water partition coefficient (Wildman–Crippen LogP) is 2.37. The van der Waals surface area contributed by atoms with Crippen LogP contribution in [0.1, 0.15) is 30.5 Å². The van der Waals surface area contributed by atoms with Gasteiger partial charge in [0.2, 0.25) is 0 Å². The number of ether oxygens (including phenoxy) is 1. The van der Waals surface area contributed by atoms with Gasteiger partial charge in [-0.15, -0.1) is 0 Å². The Morgan fingerprint density at radius 3 is 2.33 bits per heavy atom. The first-order chi connectivity index (χ1) is 8.44. The van der Waals surface area contributed by atoms with Crippen molar-refractivity contribution in [3.05, 3.63) is 34.9 Å². The topological polar surface area (TPSA) is 52.3 Å². The molecule has 1 aromatic rings. The lowest BCUT2D eigenvalue weighted by molar-refractivity contribution is -0.153. The van der Waals surface area contributed by atoms with E-state index in [4.69, 9.17) is 10.5 Å². The van der Waals surface area contributed by atoms with Crippen LogP contribution in [-0.2, 0) is 16.0 Å².